The van der Waals surface area contributed by atoms with Crippen molar-refractivity contribution in [2.75, 3.05) is 11.9 Å². The third-order valence-corrected chi connectivity index (χ3v) is 2.66. The average molecular weight is 191 g/mol. The van der Waals surface area contributed by atoms with E-state index in [0.717, 1.165) is 16.8 Å². The van der Waals surface area contributed by atoms with Crippen molar-refractivity contribution in [1.29, 1.82) is 0 Å². The number of aliphatic hydroxyl groups excluding tert-OH is 1. The highest BCUT2D eigenvalue weighted by molar-refractivity contribution is 6.03. The number of amides is 1. The summed E-state index contributed by atoms with van der Waals surface area (Å²) in [5, 5.41) is 11.7. The van der Waals surface area contributed by atoms with Crippen LogP contribution in [0.5, 0.6) is 0 Å². The molecule has 1 amide bonds. The van der Waals surface area contributed by atoms with Crippen LogP contribution in [0, 0.1) is 6.92 Å². The standard InChI is InChI=1S/C11H13NO2/c1-7-3-2-4-8-9(5-6-13)11(14)12-10(7)8/h2-4,9,13H,5-6H2,1H3,(H,12,14). The van der Waals surface area contributed by atoms with Crippen LogP contribution in [0.25, 0.3) is 0 Å². The zero-order valence-corrected chi connectivity index (χ0v) is 8.08. The van der Waals surface area contributed by atoms with E-state index in [0.29, 0.717) is 6.42 Å². The number of anilines is 1. The van der Waals surface area contributed by atoms with E-state index < -0.39 is 0 Å². The molecule has 3 nitrogen and oxygen atoms in total. The molecule has 1 unspecified atom stereocenters. The Kier molecular flexibility index (Phi) is 2.25. The van der Waals surface area contributed by atoms with Crippen molar-refractivity contribution in [3.8, 4) is 0 Å². The Morgan fingerprint density at radius 1 is 1.50 bits per heavy atom. The van der Waals surface area contributed by atoms with Gasteiger partial charge in [0, 0.05) is 12.3 Å². The van der Waals surface area contributed by atoms with Crippen molar-refractivity contribution in [2.45, 2.75) is 19.3 Å². The number of aliphatic hydroxyl groups is 1. The van der Waals surface area contributed by atoms with E-state index in [1.54, 1.807) is 0 Å². The maximum atomic E-state index is 11.6. The molecule has 3 heteroatoms. The van der Waals surface area contributed by atoms with Gasteiger partial charge in [-0.05, 0) is 24.5 Å². The predicted molar refractivity (Wildman–Crippen MR) is 54.3 cm³/mol. The second-order valence-electron chi connectivity index (χ2n) is 3.59. The van der Waals surface area contributed by atoms with Gasteiger partial charge in [-0.1, -0.05) is 18.2 Å². The van der Waals surface area contributed by atoms with E-state index >= 15 is 0 Å². The lowest BCUT2D eigenvalue weighted by molar-refractivity contribution is -0.117. The van der Waals surface area contributed by atoms with Crippen molar-refractivity contribution >= 4 is 11.6 Å². The Bertz CT molecular complexity index is 374. The molecule has 1 aliphatic rings. The molecule has 2 N–H and O–H groups in total. The molecule has 1 aliphatic heterocycles. The topological polar surface area (TPSA) is 49.3 Å². The fourth-order valence-corrected chi connectivity index (χ4v) is 1.92. The van der Waals surface area contributed by atoms with Crippen molar-refractivity contribution in [1.82, 2.24) is 0 Å². The third kappa shape index (κ3) is 1.30. The molecule has 14 heavy (non-hydrogen) atoms. The van der Waals surface area contributed by atoms with Gasteiger partial charge >= 0.3 is 0 Å². The average Bonchev–Trinajstić information content (AvgIpc) is 2.47. The Labute approximate surface area is 82.8 Å². The molecule has 74 valence electrons. The molecule has 0 spiro atoms. The van der Waals surface area contributed by atoms with Crippen LogP contribution < -0.4 is 5.32 Å². The monoisotopic (exact) mass is 191 g/mol. The number of para-hydroxylation sites is 1. The first kappa shape index (κ1) is 9.21. The highest BCUT2D eigenvalue weighted by Gasteiger charge is 2.30. The van der Waals surface area contributed by atoms with Gasteiger partial charge in [-0.2, -0.15) is 0 Å². The molecule has 2 rings (SSSR count). The van der Waals surface area contributed by atoms with Gasteiger partial charge < -0.3 is 10.4 Å². The van der Waals surface area contributed by atoms with E-state index in [4.69, 9.17) is 5.11 Å². The number of hydrogen-bond donors (Lipinski definition) is 2. The molecule has 0 saturated carbocycles. The summed E-state index contributed by atoms with van der Waals surface area (Å²) >= 11 is 0. The third-order valence-electron chi connectivity index (χ3n) is 2.66. The number of hydrogen-bond acceptors (Lipinski definition) is 2. The van der Waals surface area contributed by atoms with Gasteiger partial charge in [0.15, 0.2) is 0 Å². The number of carbonyl (C=O) groups is 1. The molecule has 0 fully saturated rings. The summed E-state index contributed by atoms with van der Waals surface area (Å²) in [5.41, 5.74) is 3.02. The van der Waals surface area contributed by atoms with Crippen LogP contribution in [0.1, 0.15) is 23.5 Å². The summed E-state index contributed by atoms with van der Waals surface area (Å²) in [4.78, 5) is 11.6. The van der Waals surface area contributed by atoms with E-state index in [2.05, 4.69) is 5.32 Å². The normalized spacial score (nSPS) is 19.3. The second kappa shape index (κ2) is 3.42. The minimum atomic E-state index is -0.171. The molecule has 0 saturated heterocycles. The fraction of sp³-hybridized carbons (Fsp3) is 0.364. The quantitative estimate of drug-likeness (QED) is 0.742. The molecule has 1 aromatic rings. The van der Waals surface area contributed by atoms with Gasteiger partial charge in [-0.15, -0.1) is 0 Å². The summed E-state index contributed by atoms with van der Waals surface area (Å²) in [6.45, 7) is 2.02. The Hall–Kier alpha value is -1.35. The second-order valence-corrected chi connectivity index (χ2v) is 3.59. The molecule has 0 bridgehead atoms. The lowest BCUT2D eigenvalue weighted by atomic mass is 9.96. The lowest BCUT2D eigenvalue weighted by Crippen LogP contribution is -2.13. The van der Waals surface area contributed by atoms with Crippen molar-refractivity contribution < 1.29 is 9.90 Å². The van der Waals surface area contributed by atoms with Gasteiger partial charge in [0.2, 0.25) is 5.91 Å². The predicted octanol–water partition coefficient (Wildman–Crippen LogP) is 1.41. The van der Waals surface area contributed by atoms with Gasteiger partial charge in [-0.25, -0.2) is 0 Å². The van der Waals surface area contributed by atoms with Crippen LogP contribution in [0.2, 0.25) is 0 Å². The molecule has 0 aliphatic carbocycles. The number of nitrogens with one attached hydrogen (secondary N) is 1. The van der Waals surface area contributed by atoms with Crippen molar-refractivity contribution in [2.24, 2.45) is 0 Å². The van der Waals surface area contributed by atoms with Crippen LogP contribution in [-0.4, -0.2) is 17.6 Å². The number of aryl methyl sites for hydroxylation is 1. The Morgan fingerprint density at radius 2 is 2.29 bits per heavy atom. The van der Waals surface area contributed by atoms with E-state index in [9.17, 15) is 4.79 Å². The molecule has 0 radical (unpaired) electrons. The number of carbonyl (C=O) groups excluding carboxylic acids is 1. The number of rotatable bonds is 2. The van der Waals surface area contributed by atoms with Gasteiger partial charge in [0.1, 0.15) is 0 Å². The zero-order valence-electron chi connectivity index (χ0n) is 8.08. The van der Waals surface area contributed by atoms with Crippen LogP contribution in [0.3, 0.4) is 0 Å². The molecule has 1 aromatic carbocycles. The van der Waals surface area contributed by atoms with Crippen molar-refractivity contribution in [3.05, 3.63) is 29.3 Å². The Morgan fingerprint density at radius 3 is 3.00 bits per heavy atom. The first-order chi connectivity index (χ1) is 6.74. The molecule has 1 atom stereocenters. The molecular formula is C11H13NO2. The molecule has 0 aromatic heterocycles. The summed E-state index contributed by atoms with van der Waals surface area (Å²) in [7, 11) is 0. The number of benzene rings is 1. The summed E-state index contributed by atoms with van der Waals surface area (Å²) in [6, 6.07) is 5.86. The first-order valence-electron chi connectivity index (χ1n) is 4.75. The largest absolute Gasteiger partial charge is 0.396 e. The van der Waals surface area contributed by atoms with Gasteiger partial charge in [0.05, 0.1) is 5.92 Å². The van der Waals surface area contributed by atoms with Crippen LogP contribution in [0.15, 0.2) is 18.2 Å². The van der Waals surface area contributed by atoms with E-state index in [-0.39, 0.29) is 18.4 Å². The number of fused-ring (bicyclic) bond motifs is 1. The van der Waals surface area contributed by atoms with Gasteiger partial charge in [0.25, 0.3) is 0 Å². The minimum absolute atomic E-state index is 0.00310. The minimum Gasteiger partial charge on any atom is -0.396 e. The summed E-state index contributed by atoms with van der Waals surface area (Å²) < 4.78 is 0. The Balaban J connectivity index is 2.42. The summed E-state index contributed by atoms with van der Waals surface area (Å²) in [5.74, 6) is -0.168. The van der Waals surface area contributed by atoms with Gasteiger partial charge in [-0.3, -0.25) is 4.79 Å². The highest BCUT2D eigenvalue weighted by atomic mass is 16.3. The van der Waals surface area contributed by atoms with Crippen LogP contribution >= 0.6 is 0 Å². The smallest absolute Gasteiger partial charge is 0.232 e. The fourth-order valence-electron chi connectivity index (χ4n) is 1.92. The zero-order chi connectivity index (χ0) is 10.1. The maximum absolute atomic E-state index is 11.6. The highest BCUT2D eigenvalue weighted by Crippen LogP contribution is 2.36. The van der Waals surface area contributed by atoms with Crippen LogP contribution in [-0.2, 0) is 4.79 Å². The first-order valence-corrected chi connectivity index (χ1v) is 4.75. The van der Waals surface area contributed by atoms with E-state index in [1.807, 2.05) is 25.1 Å². The van der Waals surface area contributed by atoms with Crippen molar-refractivity contribution in [3.63, 3.8) is 0 Å². The maximum Gasteiger partial charge on any atom is 0.232 e. The lowest BCUT2D eigenvalue weighted by Gasteiger charge is -2.06. The molecule has 1 heterocycles. The van der Waals surface area contributed by atoms with E-state index in [1.165, 1.54) is 0 Å². The van der Waals surface area contributed by atoms with Crippen LogP contribution in [0.4, 0.5) is 5.69 Å². The SMILES string of the molecule is Cc1cccc2c1NC(=O)C2CCO. The summed E-state index contributed by atoms with van der Waals surface area (Å²) in [6.07, 6.45) is 0.502. The molecular weight excluding hydrogens is 178 g/mol.